The fraction of sp³-hybridized carbons (Fsp3) is 0.235. The third kappa shape index (κ3) is 7.30. The SMILES string of the molecule is O=C(/C=C\n1cnc(-c2cc(C(F)(F)F)cc(C(F)(F)F)c2)n1)NNC(=O)C(=O)NCCO. The van der Waals surface area contributed by atoms with Crippen molar-refractivity contribution >= 4 is 23.9 Å². The number of aliphatic hydroxyl groups is 1. The first-order valence-corrected chi connectivity index (χ1v) is 8.69. The number of benzene rings is 1. The van der Waals surface area contributed by atoms with Crippen LogP contribution in [0.2, 0.25) is 0 Å². The molecule has 0 unspecified atom stereocenters. The maximum absolute atomic E-state index is 13.0. The molecular formula is C17H14F6N6O4. The minimum absolute atomic E-state index is 0.0386. The highest BCUT2D eigenvalue weighted by Crippen LogP contribution is 2.37. The first-order valence-electron chi connectivity index (χ1n) is 8.69. The van der Waals surface area contributed by atoms with Crippen LogP contribution in [-0.2, 0) is 26.7 Å². The molecule has 0 bridgehead atoms. The molecule has 4 N–H and O–H groups in total. The molecule has 0 aliphatic rings. The Bertz CT molecular complexity index is 1030. The van der Waals surface area contributed by atoms with E-state index >= 15 is 0 Å². The van der Waals surface area contributed by atoms with Crippen molar-refractivity contribution in [1.29, 1.82) is 0 Å². The fourth-order valence-corrected chi connectivity index (χ4v) is 2.17. The van der Waals surface area contributed by atoms with Crippen molar-refractivity contribution in [3.8, 4) is 11.4 Å². The number of halogens is 6. The first kappa shape index (κ1) is 25.3. The molecule has 0 aliphatic carbocycles. The van der Waals surface area contributed by atoms with Crippen LogP contribution in [0.4, 0.5) is 26.3 Å². The third-order valence-electron chi connectivity index (χ3n) is 3.64. The molecule has 1 aromatic carbocycles. The van der Waals surface area contributed by atoms with Crippen LogP contribution in [0.3, 0.4) is 0 Å². The van der Waals surface area contributed by atoms with Crippen molar-refractivity contribution in [3.05, 3.63) is 41.7 Å². The van der Waals surface area contributed by atoms with Gasteiger partial charge in [-0.1, -0.05) is 0 Å². The molecule has 3 amide bonds. The van der Waals surface area contributed by atoms with E-state index in [9.17, 15) is 40.7 Å². The molecule has 0 saturated heterocycles. The fourth-order valence-electron chi connectivity index (χ4n) is 2.17. The van der Waals surface area contributed by atoms with Gasteiger partial charge in [-0.2, -0.15) is 26.3 Å². The molecule has 178 valence electrons. The number of carbonyl (C=O) groups is 3. The van der Waals surface area contributed by atoms with E-state index in [4.69, 9.17) is 5.11 Å². The van der Waals surface area contributed by atoms with Gasteiger partial charge in [0, 0.05) is 24.4 Å². The van der Waals surface area contributed by atoms with Gasteiger partial charge in [0.25, 0.3) is 5.91 Å². The van der Waals surface area contributed by atoms with Gasteiger partial charge in [0.1, 0.15) is 6.33 Å². The highest BCUT2D eigenvalue weighted by molar-refractivity contribution is 6.35. The third-order valence-corrected chi connectivity index (χ3v) is 3.64. The predicted octanol–water partition coefficient (Wildman–Crippen LogP) is 0.709. The van der Waals surface area contributed by atoms with Crippen LogP contribution in [0.1, 0.15) is 11.1 Å². The first-order chi connectivity index (χ1) is 15.3. The number of hydrogen-bond acceptors (Lipinski definition) is 6. The van der Waals surface area contributed by atoms with E-state index < -0.39 is 59.2 Å². The maximum Gasteiger partial charge on any atom is 0.416 e. The van der Waals surface area contributed by atoms with E-state index in [2.05, 4.69) is 10.1 Å². The Morgan fingerprint density at radius 2 is 1.58 bits per heavy atom. The number of amides is 3. The number of hydrazine groups is 1. The van der Waals surface area contributed by atoms with Crippen molar-refractivity contribution < 1.29 is 45.8 Å². The number of aromatic nitrogens is 3. The van der Waals surface area contributed by atoms with Crippen molar-refractivity contribution in [3.63, 3.8) is 0 Å². The zero-order valence-corrected chi connectivity index (χ0v) is 16.2. The Hall–Kier alpha value is -3.95. The highest BCUT2D eigenvalue weighted by atomic mass is 19.4. The number of nitrogens with zero attached hydrogens (tertiary/aromatic N) is 3. The number of aliphatic hydroxyl groups excluding tert-OH is 1. The van der Waals surface area contributed by atoms with Gasteiger partial charge in [0.05, 0.1) is 17.7 Å². The van der Waals surface area contributed by atoms with E-state index in [1.165, 1.54) is 0 Å². The Labute approximate surface area is 180 Å². The second kappa shape index (κ2) is 10.1. The van der Waals surface area contributed by atoms with E-state index in [-0.39, 0.29) is 12.6 Å². The number of nitrogens with one attached hydrogen (secondary N) is 3. The number of alkyl halides is 6. The zero-order chi connectivity index (χ0) is 24.8. The van der Waals surface area contributed by atoms with Gasteiger partial charge in [-0.25, -0.2) is 9.67 Å². The molecule has 0 atom stereocenters. The molecule has 1 aromatic heterocycles. The second-order valence-electron chi connectivity index (χ2n) is 6.08. The topological polar surface area (TPSA) is 138 Å². The molecule has 2 rings (SSSR count). The maximum atomic E-state index is 13.0. The van der Waals surface area contributed by atoms with Gasteiger partial charge in [-0.15, -0.1) is 5.10 Å². The summed E-state index contributed by atoms with van der Waals surface area (Å²) in [5, 5.41) is 14.2. The van der Waals surface area contributed by atoms with Crippen LogP contribution >= 0.6 is 0 Å². The molecule has 0 spiro atoms. The van der Waals surface area contributed by atoms with Crippen LogP contribution < -0.4 is 16.2 Å². The molecule has 33 heavy (non-hydrogen) atoms. The van der Waals surface area contributed by atoms with Crippen molar-refractivity contribution in [2.45, 2.75) is 12.4 Å². The Morgan fingerprint density at radius 1 is 0.970 bits per heavy atom. The van der Waals surface area contributed by atoms with Gasteiger partial charge in [0.15, 0.2) is 5.82 Å². The Kier molecular flexibility index (Phi) is 7.76. The minimum Gasteiger partial charge on any atom is -0.395 e. The number of rotatable bonds is 5. The molecule has 16 heteroatoms. The summed E-state index contributed by atoms with van der Waals surface area (Å²) in [5.74, 6) is -3.81. The van der Waals surface area contributed by atoms with Gasteiger partial charge >= 0.3 is 24.2 Å². The van der Waals surface area contributed by atoms with Crippen molar-refractivity contribution in [2.24, 2.45) is 0 Å². The van der Waals surface area contributed by atoms with Crippen LogP contribution in [-0.4, -0.2) is 50.7 Å². The lowest BCUT2D eigenvalue weighted by Gasteiger charge is -2.13. The number of hydrogen-bond donors (Lipinski definition) is 4. The summed E-state index contributed by atoms with van der Waals surface area (Å²) in [4.78, 5) is 37.9. The average molecular weight is 480 g/mol. The molecule has 2 aromatic rings. The standard InChI is InChI=1S/C17H14F6N6O4/c18-16(19,20)10-5-9(6-11(7-10)17(21,22)23)13-25-8-29(28-13)3-1-12(31)26-27-15(33)14(32)24-2-4-30/h1,3,5-8,30H,2,4H2,(H,24,32)(H,26,31)(H,27,33)/b3-1-. The summed E-state index contributed by atoms with van der Waals surface area (Å²) in [5.41, 5.74) is -0.0546. The summed E-state index contributed by atoms with van der Waals surface area (Å²) in [6, 6.07) is 0.856. The molecule has 0 saturated carbocycles. The monoisotopic (exact) mass is 480 g/mol. The Morgan fingerprint density at radius 3 is 2.12 bits per heavy atom. The van der Waals surface area contributed by atoms with Gasteiger partial charge in [0.2, 0.25) is 0 Å². The average Bonchev–Trinajstić information content (AvgIpc) is 3.21. The summed E-state index contributed by atoms with van der Waals surface area (Å²) in [6.45, 7) is -0.600. The lowest BCUT2D eigenvalue weighted by Crippen LogP contribution is -2.48. The summed E-state index contributed by atoms with van der Waals surface area (Å²) in [7, 11) is 0. The van der Waals surface area contributed by atoms with Gasteiger partial charge in [-0.05, 0) is 18.2 Å². The molecule has 1 heterocycles. The largest absolute Gasteiger partial charge is 0.416 e. The second-order valence-corrected chi connectivity index (χ2v) is 6.08. The Balaban J connectivity index is 2.12. The van der Waals surface area contributed by atoms with Gasteiger partial charge in [-0.3, -0.25) is 25.2 Å². The zero-order valence-electron chi connectivity index (χ0n) is 16.2. The van der Waals surface area contributed by atoms with Crippen LogP contribution in [0.5, 0.6) is 0 Å². The predicted molar refractivity (Wildman–Crippen MR) is 97.2 cm³/mol. The summed E-state index contributed by atoms with van der Waals surface area (Å²) < 4.78 is 78.6. The quantitative estimate of drug-likeness (QED) is 0.215. The molecule has 0 radical (unpaired) electrons. The van der Waals surface area contributed by atoms with E-state index in [0.717, 1.165) is 23.3 Å². The molecule has 0 fully saturated rings. The number of carbonyl (C=O) groups excluding carboxylic acids is 3. The normalized spacial score (nSPS) is 12.0. The minimum atomic E-state index is -5.05. The smallest absolute Gasteiger partial charge is 0.395 e. The lowest BCUT2D eigenvalue weighted by atomic mass is 10.0. The molecular weight excluding hydrogens is 466 g/mol. The van der Waals surface area contributed by atoms with Crippen LogP contribution in [0, 0.1) is 0 Å². The molecule has 0 aliphatic heterocycles. The summed E-state index contributed by atoms with van der Waals surface area (Å²) in [6.07, 6.45) is -7.47. The van der Waals surface area contributed by atoms with Gasteiger partial charge < -0.3 is 10.4 Å². The van der Waals surface area contributed by atoms with Crippen LogP contribution in [0.15, 0.2) is 30.6 Å². The van der Waals surface area contributed by atoms with E-state index in [1.807, 2.05) is 10.7 Å². The summed E-state index contributed by atoms with van der Waals surface area (Å²) >= 11 is 0. The van der Waals surface area contributed by atoms with Crippen molar-refractivity contribution in [1.82, 2.24) is 30.9 Å². The van der Waals surface area contributed by atoms with Crippen molar-refractivity contribution in [2.75, 3.05) is 13.2 Å². The molecule has 10 nitrogen and oxygen atoms in total. The van der Waals surface area contributed by atoms with Crippen LogP contribution in [0.25, 0.3) is 17.6 Å². The highest BCUT2D eigenvalue weighted by Gasteiger charge is 2.37. The van der Waals surface area contributed by atoms with E-state index in [1.54, 1.807) is 5.43 Å². The lowest BCUT2D eigenvalue weighted by molar-refractivity contribution is -0.143. The van der Waals surface area contributed by atoms with E-state index in [0.29, 0.717) is 12.1 Å².